The molecule has 0 saturated carbocycles. The Kier molecular flexibility index (Phi) is 7.25. The summed E-state index contributed by atoms with van der Waals surface area (Å²) in [5.74, 6) is -0.251. The molecule has 1 aliphatic rings. The normalized spacial score (nSPS) is 17.0. The fraction of sp³-hybridized carbons (Fsp3) is 0.579. The maximum Gasteiger partial charge on any atom is 0.225 e. The lowest BCUT2D eigenvalue weighted by Gasteiger charge is -2.25. The van der Waals surface area contributed by atoms with Crippen molar-refractivity contribution in [3.63, 3.8) is 0 Å². The van der Waals surface area contributed by atoms with Gasteiger partial charge < -0.3 is 19.9 Å². The SMILES string of the molecule is CCN(CCNC(=O)C1CC(=O)N(CCOC)C1)c1ccccc1C. The summed E-state index contributed by atoms with van der Waals surface area (Å²) >= 11 is 0. The standard InChI is InChI=1S/C19H29N3O3/c1-4-21(17-8-6-5-7-15(17)2)10-9-20-19(24)16-13-18(23)22(14-16)11-12-25-3/h5-8,16H,4,9-14H2,1-3H3,(H,20,24). The van der Waals surface area contributed by atoms with Gasteiger partial charge in [0.05, 0.1) is 12.5 Å². The molecule has 1 aromatic carbocycles. The molecule has 1 saturated heterocycles. The average Bonchev–Trinajstić information content (AvgIpc) is 2.98. The second kappa shape index (κ2) is 9.42. The van der Waals surface area contributed by atoms with Gasteiger partial charge in [0, 0.05) is 51.9 Å². The van der Waals surface area contributed by atoms with E-state index in [1.165, 1.54) is 11.3 Å². The number of aryl methyl sites for hydroxylation is 1. The van der Waals surface area contributed by atoms with Gasteiger partial charge >= 0.3 is 0 Å². The summed E-state index contributed by atoms with van der Waals surface area (Å²) in [5.41, 5.74) is 2.42. The lowest BCUT2D eigenvalue weighted by atomic mass is 10.1. The predicted molar refractivity (Wildman–Crippen MR) is 98.6 cm³/mol. The van der Waals surface area contributed by atoms with Crippen LogP contribution in [0.2, 0.25) is 0 Å². The maximum atomic E-state index is 12.3. The Balaban J connectivity index is 1.80. The summed E-state index contributed by atoms with van der Waals surface area (Å²) in [6.45, 7) is 7.95. The summed E-state index contributed by atoms with van der Waals surface area (Å²) in [6.07, 6.45) is 0.296. The van der Waals surface area contributed by atoms with Crippen molar-refractivity contribution >= 4 is 17.5 Å². The number of rotatable bonds is 9. The number of carbonyl (C=O) groups excluding carboxylic acids is 2. The van der Waals surface area contributed by atoms with E-state index in [1.54, 1.807) is 12.0 Å². The number of amides is 2. The fourth-order valence-corrected chi connectivity index (χ4v) is 3.19. The highest BCUT2D eigenvalue weighted by Gasteiger charge is 2.33. The van der Waals surface area contributed by atoms with E-state index in [0.717, 1.165) is 13.1 Å². The molecule has 25 heavy (non-hydrogen) atoms. The highest BCUT2D eigenvalue weighted by Crippen LogP contribution is 2.19. The first kappa shape index (κ1) is 19.2. The van der Waals surface area contributed by atoms with Gasteiger partial charge in [0.2, 0.25) is 11.8 Å². The van der Waals surface area contributed by atoms with E-state index in [-0.39, 0.29) is 17.7 Å². The Bertz CT molecular complexity index is 591. The quantitative estimate of drug-likeness (QED) is 0.734. The molecule has 1 atom stereocenters. The Morgan fingerprint density at radius 1 is 1.40 bits per heavy atom. The molecule has 0 aromatic heterocycles. The van der Waals surface area contributed by atoms with Gasteiger partial charge in [0.15, 0.2) is 0 Å². The third-order valence-corrected chi connectivity index (χ3v) is 4.67. The van der Waals surface area contributed by atoms with E-state index < -0.39 is 0 Å². The van der Waals surface area contributed by atoms with Crippen LogP contribution in [0.1, 0.15) is 18.9 Å². The molecule has 1 aromatic rings. The number of benzene rings is 1. The Labute approximate surface area is 150 Å². The van der Waals surface area contributed by atoms with E-state index in [2.05, 4.69) is 36.2 Å². The summed E-state index contributed by atoms with van der Waals surface area (Å²) in [4.78, 5) is 28.2. The van der Waals surface area contributed by atoms with E-state index in [4.69, 9.17) is 4.74 Å². The lowest BCUT2D eigenvalue weighted by molar-refractivity contribution is -0.129. The lowest BCUT2D eigenvalue weighted by Crippen LogP contribution is -2.39. The number of nitrogens with one attached hydrogen (secondary N) is 1. The van der Waals surface area contributed by atoms with Crippen molar-refractivity contribution < 1.29 is 14.3 Å². The predicted octanol–water partition coefficient (Wildman–Crippen LogP) is 1.43. The van der Waals surface area contributed by atoms with Gasteiger partial charge in [0.25, 0.3) is 0 Å². The monoisotopic (exact) mass is 347 g/mol. The van der Waals surface area contributed by atoms with Gasteiger partial charge in [0.1, 0.15) is 0 Å². The van der Waals surface area contributed by atoms with E-state index in [0.29, 0.717) is 32.7 Å². The van der Waals surface area contributed by atoms with Crippen LogP contribution in [0, 0.1) is 12.8 Å². The number of ether oxygens (including phenoxy) is 1. The van der Waals surface area contributed by atoms with Crippen LogP contribution in [0.15, 0.2) is 24.3 Å². The third kappa shape index (κ3) is 5.19. The van der Waals surface area contributed by atoms with Crippen LogP contribution >= 0.6 is 0 Å². The van der Waals surface area contributed by atoms with Gasteiger partial charge in [-0.3, -0.25) is 9.59 Å². The summed E-state index contributed by atoms with van der Waals surface area (Å²) in [6, 6.07) is 8.25. The third-order valence-electron chi connectivity index (χ3n) is 4.67. The minimum atomic E-state index is -0.252. The maximum absolute atomic E-state index is 12.3. The van der Waals surface area contributed by atoms with Gasteiger partial charge in [-0.25, -0.2) is 0 Å². The Morgan fingerprint density at radius 3 is 2.84 bits per heavy atom. The van der Waals surface area contributed by atoms with Crippen molar-refractivity contribution in [2.75, 3.05) is 51.3 Å². The molecule has 0 radical (unpaired) electrons. The molecule has 6 nitrogen and oxygen atoms in total. The molecular formula is C19H29N3O3. The number of anilines is 1. The van der Waals surface area contributed by atoms with Gasteiger partial charge in [-0.05, 0) is 25.5 Å². The fourth-order valence-electron chi connectivity index (χ4n) is 3.19. The van der Waals surface area contributed by atoms with Crippen LogP contribution in [-0.2, 0) is 14.3 Å². The van der Waals surface area contributed by atoms with Crippen molar-refractivity contribution in [2.24, 2.45) is 5.92 Å². The van der Waals surface area contributed by atoms with Gasteiger partial charge in [-0.1, -0.05) is 18.2 Å². The average molecular weight is 347 g/mol. The topological polar surface area (TPSA) is 61.9 Å². The highest BCUT2D eigenvalue weighted by molar-refractivity contribution is 5.89. The molecule has 2 rings (SSSR count). The Hall–Kier alpha value is -2.08. The van der Waals surface area contributed by atoms with Crippen LogP contribution in [0.25, 0.3) is 0 Å². The summed E-state index contributed by atoms with van der Waals surface area (Å²) in [5, 5.41) is 2.99. The Morgan fingerprint density at radius 2 is 2.16 bits per heavy atom. The van der Waals surface area contributed by atoms with E-state index in [1.807, 2.05) is 12.1 Å². The summed E-state index contributed by atoms with van der Waals surface area (Å²) in [7, 11) is 1.61. The molecule has 0 spiro atoms. The van der Waals surface area contributed by atoms with Crippen LogP contribution in [0.3, 0.4) is 0 Å². The number of carbonyl (C=O) groups is 2. The number of nitrogens with zero attached hydrogens (tertiary/aromatic N) is 2. The molecule has 1 unspecified atom stereocenters. The molecule has 2 amide bonds. The first-order valence-electron chi connectivity index (χ1n) is 8.91. The second-order valence-corrected chi connectivity index (χ2v) is 6.39. The van der Waals surface area contributed by atoms with Crippen molar-refractivity contribution in [3.05, 3.63) is 29.8 Å². The molecule has 0 bridgehead atoms. The first-order valence-corrected chi connectivity index (χ1v) is 8.91. The minimum Gasteiger partial charge on any atom is -0.383 e. The first-order chi connectivity index (χ1) is 12.1. The van der Waals surface area contributed by atoms with Gasteiger partial charge in [-0.2, -0.15) is 0 Å². The summed E-state index contributed by atoms with van der Waals surface area (Å²) < 4.78 is 5.00. The number of methoxy groups -OCH3 is 1. The van der Waals surface area contributed by atoms with Crippen LogP contribution in [-0.4, -0.2) is 63.2 Å². The molecule has 0 aliphatic carbocycles. The number of likely N-dealkylation sites (tertiary alicyclic amines) is 1. The molecule has 1 fully saturated rings. The van der Waals surface area contributed by atoms with Crippen LogP contribution < -0.4 is 10.2 Å². The zero-order chi connectivity index (χ0) is 18.2. The number of hydrogen-bond acceptors (Lipinski definition) is 4. The van der Waals surface area contributed by atoms with Gasteiger partial charge in [-0.15, -0.1) is 0 Å². The molecule has 6 heteroatoms. The van der Waals surface area contributed by atoms with Crippen LogP contribution in [0.5, 0.6) is 0 Å². The number of hydrogen-bond donors (Lipinski definition) is 1. The molecule has 1 heterocycles. The van der Waals surface area contributed by atoms with Crippen molar-refractivity contribution in [3.8, 4) is 0 Å². The number of likely N-dealkylation sites (N-methyl/N-ethyl adjacent to an activating group) is 1. The molecule has 1 aliphatic heterocycles. The largest absolute Gasteiger partial charge is 0.383 e. The molecule has 138 valence electrons. The second-order valence-electron chi connectivity index (χ2n) is 6.39. The smallest absolute Gasteiger partial charge is 0.225 e. The van der Waals surface area contributed by atoms with Crippen molar-refractivity contribution in [1.82, 2.24) is 10.2 Å². The molecule has 1 N–H and O–H groups in total. The van der Waals surface area contributed by atoms with Crippen molar-refractivity contribution in [1.29, 1.82) is 0 Å². The number of para-hydroxylation sites is 1. The molecular weight excluding hydrogens is 318 g/mol. The minimum absolute atomic E-state index is 0.0332. The van der Waals surface area contributed by atoms with Crippen LogP contribution in [0.4, 0.5) is 5.69 Å². The van der Waals surface area contributed by atoms with Crippen molar-refractivity contribution in [2.45, 2.75) is 20.3 Å². The zero-order valence-corrected chi connectivity index (χ0v) is 15.5. The highest BCUT2D eigenvalue weighted by atomic mass is 16.5. The van der Waals surface area contributed by atoms with E-state index >= 15 is 0 Å². The zero-order valence-electron chi connectivity index (χ0n) is 15.5. The van der Waals surface area contributed by atoms with E-state index in [9.17, 15) is 9.59 Å².